The lowest BCUT2D eigenvalue weighted by Crippen LogP contribution is -2.45. The predicted octanol–water partition coefficient (Wildman–Crippen LogP) is 6.87. The molecule has 1 aliphatic heterocycles. The molecule has 2 atom stereocenters. The van der Waals surface area contributed by atoms with Gasteiger partial charge in [-0.2, -0.15) is 0 Å². The number of nitrogens with one attached hydrogen (secondary N) is 2. The second kappa shape index (κ2) is 23.5. The van der Waals surface area contributed by atoms with Gasteiger partial charge in [-0.15, -0.1) is 10.1 Å². The van der Waals surface area contributed by atoms with Crippen LogP contribution in [0.2, 0.25) is 0 Å². The maximum absolute atomic E-state index is 12.4. The van der Waals surface area contributed by atoms with Gasteiger partial charge in [-0.25, -0.2) is 4.79 Å². The van der Waals surface area contributed by atoms with Crippen LogP contribution in [0.1, 0.15) is 115 Å². The maximum atomic E-state index is 12.4. The minimum Gasteiger partial charge on any atom is -0.464 e. The molecule has 2 aliphatic rings. The summed E-state index contributed by atoms with van der Waals surface area (Å²) >= 11 is 0. The summed E-state index contributed by atoms with van der Waals surface area (Å²) in [6.45, 7) is 2.97. The first-order valence-corrected chi connectivity index (χ1v) is 16.6. The number of rotatable bonds is 20. The number of amides is 1. The lowest BCUT2D eigenvalue weighted by Gasteiger charge is -2.21. The highest BCUT2D eigenvalue weighted by Crippen LogP contribution is 2.29. The van der Waals surface area contributed by atoms with E-state index in [1.807, 2.05) is 19.1 Å². The summed E-state index contributed by atoms with van der Waals surface area (Å²) in [6, 6.07) is 10.4. The van der Waals surface area contributed by atoms with E-state index >= 15 is 0 Å². The Hall–Kier alpha value is -2.94. The molecule has 1 aromatic carbocycles. The molecule has 0 spiro atoms. The Bertz CT molecular complexity index is 914. The standard InChI is InChI=1S/C18H31N3O6.C16H24/c1-2-3-4-5-10-17(22)20-16(14-15-9-8-11-19-15)18(23)26-12-6-7-13-27-21(24)25;1-3-9-15(10-4-1)11-5-2-6-12-16-13-7-8-14-16/h2-3,15-16,19H,4-14H2,1H3,(H,20,22);1,3-4,9-10,16H,2,5-8,11-14H2/b3-2-;. The molecule has 1 heterocycles. The topological polar surface area (TPSA) is 120 Å². The molecule has 1 aliphatic carbocycles. The number of hydrogen-bond acceptors (Lipinski definition) is 7. The Morgan fingerprint density at radius 3 is 2.49 bits per heavy atom. The molecular formula is C34H55N3O6. The summed E-state index contributed by atoms with van der Waals surface area (Å²) in [6.07, 6.45) is 22.3. The van der Waals surface area contributed by atoms with E-state index in [9.17, 15) is 19.7 Å². The van der Waals surface area contributed by atoms with Gasteiger partial charge in [0, 0.05) is 12.5 Å². The summed E-state index contributed by atoms with van der Waals surface area (Å²) in [7, 11) is 0. The summed E-state index contributed by atoms with van der Waals surface area (Å²) in [4.78, 5) is 38.8. The van der Waals surface area contributed by atoms with Gasteiger partial charge in [0.25, 0.3) is 5.09 Å². The van der Waals surface area contributed by atoms with Crippen molar-refractivity contribution in [1.82, 2.24) is 10.6 Å². The summed E-state index contributed by atoms with van der Waals surface area (Å²) in [5, 5.41) is 15.3. The maximum Gasteiger partial charge on any atom is 0.328 e. The SMILES string of the molecule is C/C=C\CCCC(=O)NC(CC1CCCN1)C(=O)OCCCCO[N+](=O)[O-].c1ccc(CCCCCC2CCCC2)cc1. The average molecular weight is 602 g/mol. The van der Waals surface area contributed by atoms with Crippen molar-refractivity contribution >= 4 is 11.9 Å². The second-order valence-electron chi connectivity index (χ2n) is 11.8. The first-order valence-electron chi connectivity index (χ1n) is 16.6. The van der Waals surface area contributed by atoms with Crippen LogP contribution in [0.3, 0.4) is 0 Å². The number of carbonyl (C=O) groups excluding carboxylic acids is 2. The van der Waals surface area contributed by atoms with Crippen molar-refractivity contribution in [3.8, 4) is 0 Å². The van der Waals surface area contributed by atoms with Gasteiger partial charge >= 0.3 is 5.97 Å². The van der Waals surface area contributed by atoms with Crippen molar-refractivity contribution < 1.29 is 24.3 Å². The molecule has 3 rings (SSSR count). The van der Waals surface area contributed by atoms with E-state index in [1.165, 1.54) is 63.4 Å². The minimum atomic E-state index is -0.845. The zero-order valence-corrected chi connectivity index (χ0v) is 26.3. The van der Waals surface area contributed by atoms with Crippen LogP contribution in [0.15, 0.2) is 42.5 Å². The molecule has 9 nitrogen and oxygen atoms in total. The number of hydrogen-bond donors (Lipinski definition) is 2. The zero-order chi connectivity index (χ0) is 31.0. The molecule has 43 heavy (non-hydrogen) atoms. The number of aryl methyl sites for hydroxylation is 1. The van der Waals surface area contributed by atoms with Gasteiger partial charge in [0.2, 0.25) is 5.91 Å². The highest BCUT2D eigenvalue weighted by Gasteiger charge is 2.27. The molecule has 1 saturated carbocycles. The largest absolute Gasteiger partial charge is 0.464 e. The fraction of sp³-hybridized carbons (Fsp3) is 0.706. The number of nitrogens with zero attached hydrogens (tertiary/aromatic N) is 1. The number of ether oxygens (including phenoxy) is 1. The fourth-order valence-electron chi connectivity index (χ4n) is 5.77. The molecule has 2 unspecified atom stereocenters. The van der Waals surface area contributed by atoms with Gasteiger partial charge in [0.05, 0.1) is 13.2 Å². The molecule has 9 heteroatoms. The lowest BCUT2D eigenvalue weighted by atomic mass is 9.98. The number of carbonyl (C=O) groups is 2. The van der Waals surface area contributed by atoms with E-state index < -0.39 is 17.1 Å². The minimum absolute atomic E-state index is 0.0249. The molecule has 1 saturated heterocycles. The van der Waals surface area contributed by atoms with Gasteiger partial charge in [0.15, 0.2) is 0 Å². The van der Waals surface area contributed by atoms with Crippen molar-refractivity contribution in [2.75, 3.05) is 19.8 Å². The normalized spacial score (nSPS) is 17.3. The van der Waals surface area contributed by atoms with Crippen LogP contribution in [0.25, 0.3) is 0 Å². The summed E-state index contributed by atoms with van der Waals surface area (Å²) in [5.41, 5.74) is 1.50. The fourth-order valence-corrected chi connectivity index (χ4v) is 5.77. The van der Waals surface area contributed by atoms with Crippen molar-refractivity contribution in [3.05, 3.63) is 58.2 Å². The van der Waals surface area contributed by atoms with Crippen LogP contribution in [-0.2, 0) is 25.6 Å². The molecule has 1 amide bonds. The van der Waals surface area contributed by atoms with E-state index in [1.54, 1.807) is 0 Å². The molecule has 2 N–H and O–H groups in total. The molecule has 0 bridgehead atoms. The second-order valence-corrected chi connectivity index (χ2v) is 11.8. The van der Waals surface area contributed by atoms with Crippen molar-refractivity contribution in [3.63, 3.8) is 0 Å². The van der Waals surface area contributed by atoms with Crippen LogP contribution in [-0.4, -0.2) is 48.8 Å². The van der Waals surface area contributed by atoms with Gasteiger partial charge < -0.3 is 20.2 Å². The Morgan fingerprint density at radius 1 is 1.02 bits per heavy atom. The first kappa shape index (κ1) is 36.3. The third kappa shape index (κ3) is 18.4. The number of allylic oxidation sites excluding steroid dienone is 2. The molecule has 0 aromatic heterocycles. The number of benzene rings is 1. The third-order valence-electron chi connectivity index (χ3n) is 8.19. The first-order chi connectivity index (χ1) is 21.0. The van der Waals surface area contributed by atoms with Gasteiger partial charge in [-0.1, -0.05) is 87.4 Å². The van der Waals surface area contributed by atoms with Crippen LogP contribution in [0.5, 0.6) is 0 Å². The Labute approximate surface area is 258 Å². The van der Waals surface area contributed by atoms with Gasteiger partial charge in [-0.3, -0.25) is 4.79 Å². The van der Waals surface area contributed by atoms with Gasteiger partial charge in [0.1, 0.15) is 6.04 Å². The molecule has 0 radical (unpaired) electrons. The molecule has 1 aromatic rings. The smallest absolute Gasteiger partial charge is 0.328 e. The zero-order valence-electron chi connectivity index (χ0n) is 26.3. The van der Waals surface area contributed by atoms with Gasteiger partial charge in [-0.05, 0) is 82.7 Å². The highest BCUT2D eigenvalue weighted by atomic mass is 16.9. The van der Waals surface area contributed by atoms with E-state index in [-0.39, 0.29) is 25.2 Å². The molecule has 242 valence electrons. The monoisotopic (exact) mass is 601 g/mol. The number of unbranched alkanes of at least 4 members (excludes halogenated alkanes) is 4. The lowest BCUT2D eigenvalue weighted by molar-refractivity contribution is -0.757. The van der Waals surface area contributed by atoms with Crippen LogP contribution >= 0.6 is 0 Å². The summed E-state index contributed by atoms with van der Waals surface area (Å²) < 4.78 is 5.25. The van der Waals surface area contributed by atoms with Crippen molar-refractivity contribution in [2.24, 2.45) is 5.92 Å². The Kier molecular flexibility index (Phi) is 19.8. The van der Waals surface area contributed by atoms with Crippen molar-refractivity contribution in [2.45, 2.75) is 128 Å². The van der Waals surface area contributed by atoms with Crippen LogP contribution in [0, 0.1) is 16.0 Å². The Morgan fingerprint density at radius 2 is 1.79 bits per heavy atom. The number of esters is 1. The molecular weight excluding hydrogens is 546 g/mol. The van der Waals surface area contributed by atoms with E-state index in [0.717, 1.165) is 38.1 Å². The van der Waals surface area contributed by atoms with E-state index in [4.69, 9.17) is 4.74 Å². The molecule has 2 fully saturated rings. The average Bonchev–Trinajstić information content (AvgIpc) is 3.72. The third-order valence-corrected chi connectivity index (χ3v) is 8.19. The van der Waals surface area contributed by atoms with E-state index in [0.29, 0.717) is 25.7 Å². The predicted molar refractivity (Wildman–Crippen MR) is 170 cm³/mol. The van der Waals surface area contributed by atoms with Crippen molar-refractivity contribution in [1.29, 1.82) is 0 Å². The van der Waals surface area contributed by atoms with Crippen LogP contribution in [0.4, 0.5) is 0 Å². The summed E-state index contributed by atoms with van der Waals surface area (Å²) in [5.74, 6) is 0.469. The quantitative estimate of drug-likeness (QED) is 0.0550. The van der Waals surface area contributed by atoms with Crippen LogP contribution < -0.4 is 10.6 Å². The highest BCUT2D eigenvalue weighted by molar-refractivity contribution is 5.84. The Balaban J connectivity index is 0.000000340. The van der Waals surface area contributed by atoms with E-state index in [2.05, 4.69) is 45.8 Å².